The molecule has 0 radical (unpaired) electrons. The molecule has 1 aromatic rings. The number of carbonyl (C=O) groups excluding carboxylic acids is 1. The lowest BCUT2D eigenvalue weighted by Crippen LogP contribution is -2.38. The highest BCUT2D eigenvalue weighted by Gasteiger charge is 2.18. The number of primary amides is 1. The summed E-state index contributed by atoms with van der Waals surface area (Å²) in [6.07, 6.45) is 0. The number of nitrogens with two attached hydrogens (primary N) is 1. The molecule has 98 valence electrons. The second-order valence-electron chi connectivity index (χ2n) is 4.12. The van der Waals surface area contributed by atoms with Crippen molar-refractivity contribution in [3.05, 3.63) is 5.82 Å². The highest BCUT2D eigenvalue weighted by molar-refractivity contribution is 5.89. The van der Waals surface area contributed by atoms with Crippen molar-refractivity contribution in [3.63, 3.8) is 0 Å². The maximum Gasteiger partial charge on any atom is 0.286 e. The zero-order valence-electron chi connectivity index (χ0n) is 10.5. The SMILES string of the molecule is CN(C)c1nc(C(N)=O)nc(N2CCOCC2)n1. The van der Waals surface area contributed by atoms with Crippen molar-refractivity contribution in [1.82, 2.24) is 15.0 Å². The fourth-order valence-electron chi connectivity index (χ4n) is 1.57. The van der Waals surface area contributed by atoms with Crippen LogP contribution >= 0.6 is 0 Å². The predicted molar refractivity (Wildman–Crippen MR) is 65.7 cm³/mol. The summed E-state index contributed by atoms with van der Waals surface area (Å²) >= 11 is 0. The van der Waals surface area contributed by atoms with Crippen LogP contribution in [0.4, 0.5) is 11.9 Å². The molecule has 2 heterocycles. The van der Waals surface area contributed by atoms with E-state index in [1.165, 1.54) is 0 Å². The number of amides is 1. The van der Waals surface area contributed by atoms with Crippen LogP contribution in [0.15, 0.2) is 0 Å². The van der Waals surface area contributed by atoms with Gasteiger partial charge in [-0.15, -0.1) is 0 Å². The normalized spacial score (nSPS) is 15.6. The molecule has 1 aliphatic heterocycles. The molecule has 1 fully saturated rings. The van der Waals surface area contributed by atoms with Crippen LogP contribution in [0.1, 0.15) is 10.6 Å². The second-order valence-corrected chi connectivity index (χ2v) is 4.12. The Morgan fingerprint density at radius 2 is 1.94 bits per heavy atom. The fraction of sp³-hybridized carbons (Fsp3) is 0.600. The minimum atomic E-state index is -0.657. The van der Waals surface area contributed by atoms with Crippen LogP contribution in [-0.4, -0.2) is 61.3 Å². The minimum Gasteiger partial charge on any atom is -0.378 e. The van der Waals surface area contributed by atoms with Gasteiger partial charge in [-0.05, 0) is 0 Å². The molecule has 18 heavy (non-hydrogen) atoms. The summed E-state index contributed by atoms with van der Waals surface area (Å²) in [5.41, 5.74) is 5.23. The van der Waals surface area contributed by atoms with Crippen molar-refractivity contribution in [1.29, 1.82) is 0 Å². The van der Waals surface area contributed by atoms with Gasteiger partial charge in [-0.1, -0.05) is 0 Å². The molecule has 2 N–H and O–H groups in total. The Labute approximate surface area is 105 Å². The summed E-state index contributed by atoms with van der Waals surface area (Å²) in [5.74, 6) is 0.205. The molecule has 0 unspecified atom stereocenters. The van der Waals surface area contributed by atoms with E-state index in [1.807, 2.05) is 4.90 Å². The third kappa shape index (κ3) is 2.65. The number of carbonyl (C=O) groups is 1. The predicted octanol–water partition coefficient (Wildman–Crippen LogP) is -1.13. The maximum absolute atomic E-state index is 11.2. The summed E-state index contributed by atoms with van der Waals surface area (Å²) in [7, 11) is 3.59. The van der Waals surface area contributed by atoms with Crippen LogP contribution in [0.5, 0.6) is 0 Å². The first-order valence-electron chi connectivity index (χ1n) is 5.64. The van der Waals surface area contributed by atoms with Crippen molar-refractivity contribution >= 4 is 17.8 Å². The molecule has 0 aromatic carbocycles. The summed E-state index contributed by atoms with van der Waals surface area (Å²) in [6.45, 7) is 2.62. The summed E-state index contributed by atoms with van der Waals surface area (Å²) in [5, 5.41) is 0. The van der Waals surface area contributed by atoms with Gasteiger partial charge in [-0.2, -0.15) is 15.0 Å². The van der Waals surface area contributed by atoms with Crippen molar-refractivity contribution in [2.24, 2.45) is 5.73 Å². The fourth-order valence-corrected chi connectivity index (χ4v) is 1.57. The Hall–Kier alpha value is -1.96. The first kappa shape index (κ1) is 12.5. The first-order valence-corrected chi connectivity index (χ1v) is 5.64. The molecule has 0 spiro atoms. The molecule has 8 heteroatoms. The lowest BCUT2D eigenvalue weighted by Gasteiger charge is -2.27. The van der Waals surface area contributed by atoms with Crippen LogP contribution in [-0.2, 0) is 4.74 Å². The quantitative estimate of drug-likeness (QED) is 0.727. The molecule has 1 aromatic heterocycles. The van der Waals surface area contributed by atoms with E-state index in [1.54, 1.807) is 19.0 Å². The van der Waals surface area contributed by atoms with Gasteiger partial charge in [0.15, 0.2) is 0 Å². The van der Waals surface area contributed by atoms with Gasteiger partial charge in [0, 0.05) is 27.2 Å². The Bertz CT molecular complexity index is 444. The number of nitrogens with zero attached hydrogens (tertiary/aromatic N) is 5. The maximum atomic E-state index is 11.2. The first-order chi connectivity index (χ1) is 8.58. The van der Waals surface area contributed by atoms with Crippen LogP contribution in [0.25, 0.3) is 0 Å². The number of rotatable bonds is 3. The van der Waals surface area contributed by atoms with E-state index in [4.69, 9.17) is 10.5 Å². The summed E-state index contributed by atoms with van der Waals surface area (Å²) in [4.78, 5) is 27.3. The van der Waals surface area contributed by atoms with Crippen LogP contribution < -0.4 is 15.5 Å². The van der Waals surface area contributed by atoms with E-state index in [-0.39, 0.29) is 5.82 Å². The largest absolute Gasteiger partial charge is 0.378 e. The molecule has 2 rings (SSSR count). The average molecular weight is 252 g/mol. The molecule has 1 amide bonds. The number of hydrogen-bond donors (Lipinski definition) is 1. The van der Waals surface area contributed by atoms with Crippen LogP contribution in [0, 0.1) is 0 Å². The number of hydrogen-bond acceptors (Lipinski definition) is 7. The van der Waals surface area contributed by atoms with Gasteiger partial charge in [0.25, 0.3) is 5.91 Å². The number of ether oxygens (including phenoxy) is 1. The molecule has 1 aliphatic rings. The number of anilines is 2. The van der Waals surface area contributed by atoms with Crippen LogP contribution in [0.3, 0.4) is 0 Å². The highest BCUT2D eigenvalue weighted by Crippen LogP contribution is 2.13. The number of aromatic nitrogens is 3. The van der Waals surface area contributed by atoms with E-state index in [0.29, 0.717) is 38.2 Å². The second kappa shape index (κ2) is 5.13. The van der Waals surface area contributed by atoms with Crippen molar-refractivity contribution in [2.75, 3.05) is 50.2 Å². The van der Waals surface area contributed by atoms with Gasteiger partial charge in [0.2, 0.25) is 17.7 Å². The number of morpholine rings is 1. The smallest absolute Gasteiger partial charge is 0.286 e. The summed E-state index contributed by atoms with van der Waals surface area (Å²) < 4.78 is 5.26. The standard InChI is InChI=1S/C10H16N6O2/c1-15(2)9-12-8(7(11)17)13-10(14-9)16-3-5-18-6-4-16/h3-6H2,1-2H3,(H2,11,17). The van der Waals surface area contributed by atoms with Gasteiger partial charge in [0.05, 0.1) is 13.2 Å². The monoisotopic (exact) mass is 252 g/mol. The van der Waals surface area contributed by atoms with Crippen molar-refractivity contribution in [2.45, 2.75) is 0 Å². The molecule has 1 saturated heterocycles. The zero-order chi connectivity index (χ0) is 13.1. The Balaban J connectivity index is 2.35. The topological polar surface area (TPSA) is 97.5 Å². The van der Waals surface area contributed by atoms with Gasteiger partial charge < -0.3 is 20.3 Å². The molecule has 0 saturated carbocycles. The van der Waals surface area contributed by atoms with Crippen molar-refractivity contribution < 1.29 is 9.53 Å². The Kier molecular flexibility index (Phi) is 3.56. The van der Waals surface area contributed by atoms with E-state index >= 15 is 0 Å². The lowest BCUT2D eigenvalue weighted by atomic mass is 10.4. The highest BCUT2D eigenvalue weighted by atomic mass is 16.5. The van der Waals surface area contributed by atoms with E-state index in [0.717, 1.165) is 0 Å². The third-order valence-corrected chi connectivity index (χ3v) is 2.53. The average Bonchev–Trinajstić information content (AvgIpc) is 2.39. The Morgan fingerprint density at radius 3 is 2.50 bits per heavy atom. The van der Waals surface area contributed by atoms with E-state index in [9.17, 15) is 4.79 Å². The lowest BCUT2D eigenvalue weighted by molar-refractivity contribution is 0.0990. The molecule has 0 bridgehead atoms. The van der Waals surface area contributed by atoms with Crippen molar-refractivity contribution in [3.8, 4) is 0 Å². The van der Waals surface area contributed by atoms with Gasteiger partial charge >= 0.3 is 0 Å². The molecule has 0 atom stereocenters. The zero-order valence-corrected chi connectivity index (χ0v) is 10.5. The minimum absolute atomic E-state index is 0.0183. The van der Waals surface area contributed by atoms with E-state index in [2.05, 4.69) is 15.0 Å². The van der Waals surface area contributed by atoms with Gasteiger partial charge in [-0.3, -0.25) is 4.79 Å². The third-order valence-electron chi connectivity index (χ3n) is 2.53. The molecule has 8 nitrogen and oxygen atoms in total. The summed E-state index contributed by atoms with van der Waals surface area (Å²) in [6, 6.07) is 0. The van der Waals surface area contributed by atoms with Gasteiger partial charge in [-0.25, -0.2) is 0 Å². The van der Waals surface area contributed by atoms with Crippen LogP contribution in [0.2, 0.25) is 0 Å². The molecule has 0 aliphatic carbocycles. The van der Waals surface area contributed by atoms with Gasteiger partial charge in [0.1, 0.15) is 0 Å². The Morgan fingerprint density at radius 1 is 1.28 bits per heavy atom. The van der Waals surface area contributed by atoms with E-state index < -0.39 is 5.91 Å². The molecular weight excluding hydrogens is 236 g/mol. The molecular formula is C10H16N6O2.